The predicted molar refractivity (Wildman–Crippen MR) is 132 cm³/mol. The Labute approximate surface area is 204 Å². The van der Waals surface area contributed by atoms with Crippen LogP contribution in [0.3, 0.4) is 0 Å². The number of nitrogens with zero attached hydrogens (tertiary/aromatic N) is 3. The van der Waals surface area contributed by atoms with Crippen LogP contribution in [0, 0.1) is 0 Å². The van der Waals surface area contributed by atoms with E-state index in [9.17, 15) is 14.7 Å². The molecule has 0 bridgehead atoms. The summed E-state index contributed by atoms with van der Waals surface area (Å²) in [6.07, 6.45) is 1.63. The number of benzene rings is 2. The van der Waals surface area contributed by atoms with Crippen molar-refractivity contribution in [3.05, 3.63) is 89.3 Å². The Balaban J connectivity index is 1.92. The fourth-order valence-corrected chi connectivity index (χ4v) is 4.23. The molecule has 1 aromatic heterocycles. The molecule has 1 aliphatic rings. The third kappa shape index (κ3) is 4.42. The average molecular weight is 474 g/mol. The van der Waals surface area contributed by atoms with Gasteiger partial charge in [0.05, 0.1) is 38.1 Å². The molecule has 8 heteroatoms. The van der Waals surface area contributed by atoms with E-state index < -0.39 is 17.7 Å². The predicted octanol–water partition coefficient (Wildman–Crippen LogP) is 3.79. The van der Waals surface area contributed by atoms with Crippen LogP contribution in [-0.2, 0) is 16.1 Å². The zero-order valence-electron chi connectivity index (χ0n) is 20.1. The van der Waals surface area contributed by atoms with E-state index in [1.54, 1.807) is 36.5 Å². The van der Waals surface area contributed by atoms with Gasteiger partial charge in [-0.25, -0.2) is 0 Å². The number of anilines is 1. The van der Waals surface area contributed by atoms with Crippen molar-refractivity contribution in [1.29, 1.82) is 0 Å². The minimum atomic E-state index is -0.831. The van der Waals surface area contributed by atoms with E-state index in [0.717, 1.165) is 5.69 Å². The van der Waals surface area contributed by atoms with Gasteiger partial charge < -0.3 is 24.4 Å². The lowest BCUT2D eigenvalue weighted by Gasteiger charge is -2.26. The maximum atomic E-state index is 13.4. The van der Waals surface area contributed by atoms with Gasteiger partial charge >= 0.3 is 0 Å². The van der Waals surface area contributed by atoms with E-state index in [-0.39, 0.29) is 23.4 Å². The summed E-state index contributed by atoms with van der Waals surface area (Å²) in [5, 5.41) is 11.5. The monoisotopic (exact) mass is 473 g/mol. The fraction of sp³-hybridized carbons (Fsp3) is 0.222. The van der Waals surface area contributed by atoms with Crippen LogP contribution in [0.5, 0.6) is 11.5 Å². The summed E-state index contributed by atoms with van der Waals surface area (Å²) in [5.41, 5.74) is 2.44. The van der Waals surface area contributed by atoms with Gasteiger partial charge in [0, 0.05) is 26.0 Å². The highest BCUT2D eigenvalue weighted by Gasteiger charge is 2.46. The molecule has 3 aromatic rings. The van der Waals surface area contributed by atoms with Crippen molar-refractivity contribution in [3.8, 4) is 11.5 Å². The number of hydrogen-bond acceptors (Lipinski definition) is 7. The lowest BCUT2D eigenvalue weighted by atomic mass is 9.94. The maximum Gasteiger partial charge on any atom is 0.296 e. The highest BCUT2D eigenvalue weighted by atomic mass is 16.5. The first kappa shape index (κ1) is 23.8. The van der Waals surface area contributed by atoms with Gasteiger partial charge in [-0.1, -0.05) is 24.3 Å². The van der Waals surface area contributed by atoms with Crippen molar-refractivity contribution < 1.29 is 24.2 Å². The summed E-state index contributed by atoms with van der Waals surface area (Å²) in [5.74, 6) is -1.22. The molecule has 1 N–H and O–H groups in total. The smallest absolute Gasteiger partial charge is 0.296 e. The fourth-order valence-electron chi connectivity index (χ4n) is 4.23. The Kier molecular flexibility index (Phi) is 6.73. The van der Waals surface area contributed by atoms with Gasteiger partial charge in [-0.2, -0.15) is 0 Å². The molecule has 1 amide bonds. The number of hydrogen-bond donors (Lipinski definition) is 1. The minimum absolute atomic E-state index is 0.0358. The molecule has 4 rings (SSSR count). The van der Waals surface area contributed by atoms with Crippen molar-refractivity contribution >= 4 is 23.1 Å². The first-order valence-electron chi connectivity index (χ1n) is 11.0. The highest BCUT2D eigenvalue weighted by Crippen LogP contribution is 2.44. The Morgan fingerprint density at radius 3 is 2.17 bits per heavy atom. The Bertz CT molecular complexity index is 1250. The Morgan fingerprint density at radius 2 is 1.63 bits per heavy atom. The number of ketones is 1. The molecule has 0 radical (unpaired) electrons. The second-order valence-corrected chi connectivity index (χ2v) is 8.27. The number of pyridine rings is 1. The highest BCUT2D eigenvalue weighted by molar-refractivity contribution is 6.46. The normalized spacial score (nSPS) is 16.9. The van der Waals surface area contributed by atoms with Gasteiger partial charge in [-0.05, 0) is 42.0 Å². The van der Waals surface area contributed by atoms with Crippen molar-refractivity contribution in [2.45, 2.75) is 12.6 Å². The minimum Gasteiger partial charge on any atom is -0.506 e. The number of carbonyl (C=O) groups is 2. The van der Waals surface area contributed by atoms with E-state index >= 15 is 0 Å². The molecule has 1 atom stereocenters. The number of carbonyl (C=O) groups excluding carboxylic acids is 2. The zero-order chi connectivity index (χ0) is 25.1. The van der Waals surface area contributed by atoms with Gasteiger partial charge in [0.25, 0.3) is 11.7 Å². The summed E-state index contributed by atoms with van der Waals surface area (Å²) < 4.78 is 10.9. The van der Waals surface area contributed by atoms with Crippen LogP contribution in [0.15, 0.2) is 72.4 Å². The lowest BCUT2D eigenvalue weighted by Crippen LogP contribution is -2.29. The molecule has 1 aliphatic heterocycles. The SMILES string of the molecule is COc1cccc(OC)c1/C(O)=C1\C(=O)C(=O)N(Cc2ccccn2)C1c1ccc(N(C)C)cc1. The molecule has 1 fully saturated rings. The molecule has 2 heterocycles. The van der Waals surface area contributed by atoms with Crippen LogP contribution in [0.4, 0.5) is 5.69 Å². The van der Waals surface area contributed by atoms with Crippen LogP contribution in [0.1, 0.15) is 22.9 Å². The van der Waals surface area contributed by atoms with Gasteiger partial charge in [-0.15, -0.1) is 0 Å². The maximum absolute atomic E-state index is 13.4. The van der Waals surface area contributed by atoms with Gasteiger partial charge in [-0.3, -0.25) is 14.6 Å². The van der Waals surface area contributed by atoms with E-state index in [1.807, 2.05) is 49.3 Å². The summed E-state index contributed by atoms with van der Waals surface area (Å²) in [4.78, 5) is 34.3. The third-order valence-electron chi connectivity index (χ3n) is 5.99. The number of methoxy groups -OCH3 is 2. The van der Waals surface area contributed by atoms with Crippen LogP contribution in [0.2, 0.25) is 0 Å². The second-order valence-electron chi connectivity index (χ2n) is 8.27. The number of aliphatic hydroxyl groups is 1. The van der Waals surface area contributed by atoms with Crippen molar-refractivity contribution in [2.75, 3.05) is 33.2 Å². The summed E-state index contributed by atoms with van der Waals surface area (Å²) >= 11 is 0. The Morgan fingerprint density at radius 1 is 0.971 bits per heavy atom. The van der Waals surface area contributed by atoms with Crippen LogP contribution in [-0.4, -0.2) is 55.0 Å². The summed E-state index contributed by atoms with van der Waals surface area (Å²) in [6, 6.07) is 17.1. The van der Waals surface area contributed by atoms with Crippen LogP contribution >= 0.6 is 0 Å². The molecule has 2 aromatic carbocycles. The largest absolute Gasteiger partial charge is 0.506 e. The summed E-state index contributed by atoms with van der Waals surface area (Å²) in [6.45, 7) is 0.103. The zero-order valence-corrected chi connectivity index (χ0v) is 20.1. The molecule has 0 saturated carbocycles. The van der Waals surface area contributed by atoms with Crippen molar-refractivity contribution in [1.82, 2.24) is 9.88 Å². The van der Waals surface area contributed by atoms with Gasteiger partial charge in [0.15, 0.2) is 0 Å². The molecular formula is C27H27N3O5. The quantitative estimate of drug-likeness (QED) is 0.317. The van der Waals surface area contributed by atoms with E-state index in [1.165, 1.54) is 19.1 Å². The standard InChI is InChI=1S/C27H27N3O5/c1-29(2)19-13-11-17(12-14-19)24-23(25(31)22-20(34-3)9-7-10-21(22)35-4)26(32)27(33)30(24)16-18-8-5-6-15-28-18/h5-15,24,31H,16H2,1-4H3/b25-23+. The van der Waals surface area contributed by atoms with Crippen molar-refractivity contribution in [3.63, 3.8) is 0 Å². The molecule has 0 aliphatic carbocycles. The van der Waals surface area contributed by atoms with Gasteiger partial charge in [0.2, 0.25) is 0 Å². The van der Waals surface area contributed by atoms with E-state index in [4.69, 9.17) is 9.47 Å². The van der Waals surface area contributed by atoms with E-state index in [0.29, 0.717) is 22.8 Å². The lowest BCUT2D eigenvalue weighted by molar-refractivity contribution is -0.140. The first-order valence-corrected chi connectivity index (χ1v) is 11.0. The molecule has 1 unspecified atom stereocenters. The Hall–Kier alpha value is -4.33. The first-order chi connectivity index (χ1) is 16.9. The number of ether oxygens (including phenoxy) is 2. The van der Waals surface area contributed by atoms with Gasteiger partial charge in [0.1, 0.15) is 22.8 Å². The number of aromatic nitrogens is 1. The molecule has 8 nitrogen and oxygen atoms in total. The van der Waals surface area contributed by atoms with Crippen molar-refractivity contribution in [2.24, 2.45) is 0 Å². The molecular weight excluding hydrogens is 446 g/mol. The molecule has 0 spiro atoms. The average Bonchev–Trinajstić information content (AvgIpc) is 3.13. The number of rotatable bonds is 7. The molecule has 35 heavy (non-hydrogen) atoms. The number of Topliss-reactive ketones (excluding diaryl/α,β-unsaturated/α-hetero) is 1. The second kappa shape index (κ2) is 9.89. The topological polar surface area (TPSA) is 92.2 Å². The molecule has 1 saturated heterocycles. The van der Waals surface area contributed by atoms with Crippen LogP contribution < -0.4 is 14.4 Å². The summed E-state index contributed by atoms with van der Waals surface area (Å²) in [7, 11) is 6.78. The van der Waals surface area contributed by atoms with Crippen LogP contribution in [0.25, 0.3) is 5.76 Å². The molecule has 180 valence electrons. The van der Waals surface area contributed by atoms with E-state index in [2.05, 4.69) is 4.98 Å². The number of amides is 1. The third-order valence-corrected chi connectivity index (χ3v) is 5.99. The number of likely N-dealkylation sites (tertiary alicyclic amines) is 1. The number of aliphatic hydroxyl groups excluding tert-OH is 1.